The van der Waals surface area contributed by atoms with Gasteiger partial charge in [-0.1, -0.05) is 11.8 Å². The largest absolute Gasteiger partial charge is 0.469 e. The Morgan fingerprint density at radius 2 is 2.47 bits per heavy atom. The van der Waals surface area contributed by atoms with Gasteiger partial charge in [0.05, 0.1) is 32.0 Å². The van der Waals surface area contributed by atoms with Gasteiger partial charge in [-0.15, -0.1) is 0 Å². The summed E-state index contributed by atoms with van der Waals surface area (Å²) in [6.45, 7) is -0.0267. The van der Waals surface area contributed by atoms with Gasteiger partial charge >= 0.3 is 5.97 Å². The Balaban J connectivity index is 2.44. The van der Waals surface area contributed by atoms with Crippen LogP contribution in [-0.4, -0.2) is 33.5 Å². The molecule has 0 amide bonds. The fourth-order valence-electron chi connectivity index (χ4n) is 1.03. The standard InChI is InChI=1S/C9H14N2O3S/c1-11-7(6-12)5-10-9(11)15-4-3-8(13)14-2/h5,12H,3-4,6H2,1-2H3. The number of aliphatic hydroxyl groups excluding tert-OH is 1. The van der Waals surface area contributed by atoms with Crippen LogP contribution in [0.1, 0.15) is 12.1 Å². The van der Waals surface area contributed by atoms with Crippen molar-refractivity contribution in [3.05, 3.63) is 11.9 Å². The van der Waals surface area contributed by atoms with Crippen LogP contribution in [0.15, 0.2) is 11.4 Å². The molecule has 0 bridgehead atoms. The molecule has 5 nitrogen and oxygen atoms in total. The number of imidazole rings is 1. The molecule has 1 rings (SSSR count). The van der Waals surface area contributed by atoms with E-state index < -0.39 is 0 Å². The van der Waals surface area contributed by atoms with Crippen molar-refractivity contribution < 1.29 is 14.6 Å². The summed E-state index contributed by atoms with van der Waals surface area (Å²) in [5.41, 5.74) is 0.760. The SMILES string of the molecule is COC(=O)CCSc1ncc(CO)n1C. The first-order chi connectivity index (χ1) is 7.19. The number of carbonyl (C=O) groups excluding carboxylic acids is 1. The molecule has 1 heterocycles. The normalized spacial score (nSPS) is 10.3. The highest BCUT2D eigenvalue weighted by Crippen LogP contribution is 2.17. The van der Waals surface area contributed by atoms with Gasteiger partial charge < -0.3 is 14.4 Å². The van der Waals surface area contributed by atoms with Crippen LogP contribution >= 0.6 is 11.8 Å². The molecule has 0 radical (unpaired) electrons. The summed E-state index contributed by atoms with van der Waals surface area (Å²) < 4.78 is 6.33. The number of hydrogen-bond acceptors (Lipinski definition) is 5. The van der Waals surface area contributed by atoms with Crippen molar-refractivity contribution in [2.24, 2.45) is 7.05 Å². The molecule has 6 heteroatoms. The number of hydrogen-bond donors (Lipinski definition) is 1. The molecule has 1 aromatic rings. The van der Waals surface area contributed by atoms with Crippen molar-refractivity contribution in [1.29, 1.82) is 0 Å². The lowest BCUT2D eigenvalue weighted by Gasteiger charge is -2.03. The summed E-state index contributed by atoms with van der Waals surface area (Å²) in [7, 11) is 3.21. The Bertz CT molecular complexity index is 338. The van der Waals surface area contributed by atoms with E-state index in [2.05, 4.69) is 9.72 Å². The second-order valence-corrected chi connectivity index (χ2v) is 3.99. The molecule has 0 atom stereocenters. The molecule has 15 heavy (non-hydrogen) atoms. The molecule has 0 aliphatic rings. The van der Waals surface area contributed by atoms with Crippen molar-refractivity contribution in [2.45, 2.75) is 18.2 Å². The average molecular weight is 230 g/mol. The molecule has 0 aromatic carbocycles. The van der Waals surface area contributed by atoms with Crippen LogP contribution in [0.4, 0.5) is 0 Å². The molecule has 0 unspecified atom stereocenters. The predicted molar refractivity (Wildman–Crippen MR) is 56.5 cm³/mol. The number of esters is 1. The van der Waals surface area contributed by atoms with Crippen LogP contribution in [0, 0.1) is 0 Å². The van der Waals surface area contributed by atoms with Gasteiger partial charge in [0.1, 0.15) is 0 Å². The number of nitrogens with zero attached hydrogens (tertiary/aromatic N) is 2. The Kier molecular flexibility index (Phi) is 4.64. The molecule has 0 saturated carbocycles. The van der Waals surface area contributed by atoms with E-state index in [-0.39, 0.29) is 12.6 Å². The Morgan fingerprint density at radius 1 is 1.73 bits per heavy atom. The number of thioether (sulfide) groups is 1. The van der Waals surface area contributed by atoms with E-state index in [0.29, 0.717) is 12.2 Å². The molecule has 0 aliphatic heterocycles. The number of aromatic nitrogens is 2. The van der Waals surface area contributed by atoms with Crippen molar-refractivity contribution in [3.8, 4) is 0 Å². The van der Waals surface area contributed by atoms with Crippen LogP contribution < -0.4 is 0 Å². The van der Waals surface area contributed by atoms with Crippen molar-refractivity contribution in [1.82, 2.24) is 9.55 Å². The summed E-state index contributed by atoms with van der Waals surface area (Å²) in [5.74, 6) is 0.404. The van der Waals surface area contributed by atoms with E-state index >= 15 is 0 Å². The third-order valence-electron chi connectivity index (χ3n) is 1.97. The van der Waals surface area contributed by atoms with Gasteiger partial charge in [0, 0.05) is 12.8 Å². The highest BCUT2D eigenvalue weighted by atomic mass is 32.2. The van der Waals surface area contributed by atoms with Crippen molar-refractivity contribution in [3.63, 3.8) is 0 Å². The maximum atomic E-state index is 10.8. The van der Waals surface area contributed by atoms with E-state index in [4.69, 9.17) is 5.11 Å². The van der Waals surface area contributed by atoms with Gasteiger partial charge in [-0.05, 0) is 0 Å². The molecule has 0 spiro atoms. The fourth-order valence-corrected chi connectivity index (χ4v) is 1.92. The molecule has 0 fully saturated rings. The summed E-state index contributed by atoms with van der Waals surface area (Å²) in [4.78, 5) is 15.0. The molecule has 84 valence electrons. The topological polar surface area (TPSA) is 64.3 Å². The minimum Gasteiger partial charge on any atom is -0.469 e. The fraction of sp³-hybridized carbons (Fsp3) is 0.556. The first-order valence-electron chi connectivity index (χ1n) is 4.50. The van der Waals surface area contributed by atoms with Crippen LogP contribution in [0.25, 0.3) is 0 Å². The Morgan fingerprint density at radius 3 is 3.00 bits per heavy atom. The molecular formula is C9H14N2O3S. The molecular weight excluding hydrogens is 216 g/mol. The smallest absolute Gasteiger partial charge is 0.306 e. The summed E-state index contributed by atoms with van der Waals surface area (Å²) in [6, 6.07) is 0. The zero-order valence-electron chi connectivity index (χ0n) is 8.77. The Labute approximate surface area is 92.5 Å². The summed E-state index contributed by atoms with van der Waals surface area (Å²) in [5, 5.41) is 9.73. The second kappa shape index (κ2) is 5.77. The lowest BCUT2D eigenvalue weighted by Crippen LogP contribution is -2.02. The molecule has 0 saturated heterocycles. The quantitative estimate of drug-likeness (QED) is 0.591. The maximum absolute atomic E-state index is 10.8. The lowest BCUT2D eigenvalue weighted by atomic mass is 10.5. The predicted octanol–water partition coefficient (Wildman–Crippen LogP) is 0.568. The highest BCUT2D eigenvalue weighted by molar-refractivity contribution is 7.99. The first-order valence-corrected chi connectivity index (χ1v) is 5.48. The number of ether oxygens (including phenoxy) is 1. The number of aliphatic hydroxyl groups is 1. The van der Waals surface area contributed by atoms with E-state index in [1.54, 1.807) is 6.20 Å². The maximum Gasteiger partial charge on any atom is 0.306 e. The van der Waals surface area contributed by atoms with E-state index in [9.17, 15) is 4.79 Å². The molecule has 0 aliphatic carbocycles. The third kappa shape index (κ3) is 3.24. The van der Waals surface area contributed by atoms with Crippen LogP contribution in [0.3, 0.4) is 0 Å². The van der Waals surface area contributed by atoms with Gasteiger partial charge in [0.15, 0.2) is 5.16 Å². The second-order valence-electron chi connectivity index (χ2n) is 2.92. The van der Waals surface area contributed by atoms with E-state index in [0.717, 1.165) is 10.9 Å². The van der Waals surface area contributed by atoms with Crippen molar-refractivity contribution >= 4 is 17.7 Å². The monoisotopic (exact) mass is 230 g/mol. The van der Waals surface area contributed by atoms with E-state index in [1.807, 2.05) is 11.6 Å². The third-order valence-corrected chi connectivity index (χ3v) is 3.01. The zero-order valence-corrected chi connectivity index (χ0v) is 9.58. The molecule has 1 N–H and O–H groups in total. The van der Waals surface area contributed by atoms with Gasteiger partial charge in [-0.2, -0.15) is 0 Å². The van der Waals surface area contributed by atoms with Gasteiger partial charge in [-0.3, -0.25) is 4.79 Å². The highest BCUT2D eigenvalue weighted by Gasteiger charge is 2.07. The van der Waals surface area contributed by atoms with E-state index in [1.165, 1.54) is 18.9 Å². The zero-order chi connectivity index (χ0) is 11.3. The number of carbonyl (C=O) groups is 1. The minimum absolute atomic E-state index is 0.0267. The van der Waals surface area contributed by atoms with Gasteiger partial charge in [0.2, 0.25) is 0 Å². The van der Waals surface area contributed by atoms with Crippen LogP contribution in [0.2, 0.25) is 0 Å². The number of rotatable bonds is 5. The summed E-state index contributed by atoms with van der Waals surface area (Å²) in [6.07, 6.45) is 1.99. The van der Waals surface area contributed by atoms with Gasteiger partial charge in [0.25, 0.3) is 0 Å². The first kappa shape index (κ1) is 12.1. The number of methoxy groups -OCH3 is 1. The lowest BCUT2D eigenvalue weighted by molar-refractivity contribution is -0.140. The minimum atomic E-state index is -0.223. The van der Waals surface area contributed by atoms with Crippen LogP contribution in [-0.2, 0) is 23.2 Å². The van der Waals surface area contributed by atoms with Crippen molar-refractivity contribution in [2.75, 3.05) is 12.9 Å². The summed E-state index contributed by atoms with van der Waals surface area (Å²) >= 11 is 1.47. The molecule has 1 aromatic heterocycles. The van der Waals surface area contributed by atoms with Gasteiger partial charge in [-0.25, -0.2) is 4.98 Å². The van der Waals surface area contributed by atoms with Crippen LogP contribution in [0.5, 0.6) is 0 Å². The average Bonchev–Trinajstić information content (AvgIpc) is 2.60. The Hall–Kier alpha value is -1.01.